The molecule has 220 valence electrons. The Hall–Kier alpha value is -3.73. The Morgan fingerprint density at radius 1 is 1.21 bits per heavy atom. The largest absolute Gasteiger partial charge is 0.486 e. The highest BCUT2D eigenvalue weighted by molar-refractivity contribution is 6.32. The number of fused-ring (bicyclic) bond motifs is 2. The first kappa shape index (κ1) is 28.4. The first-order chi connectivity index (χ1) is 20.2. The van der Waals surface area contributed by atoms with E-state index in [1.54, 1.807) is 31.3 Å². The molecule has 2 aromatic heterocycles. The minimum Gasteiger partial charge on any atom is -0.486 e. The molecule has 42 heavy (non-hydrogen) atoms. The summed E-state index contributed by atoms with van der Waals surface area (Å²) >= 11 is 6.07. The summed E-state index contributed by atoms with van der Waals surface area (Å²) in [7, 11) is 2.10. The molecule has 3 N–H and O–H groups in total. The molecule has 0 aliphatic carbocycles. The van der Waals surface area contributed by atoms with E-state index >= 15 is 0 Å². The number of amides is 1. The molecule has 0 spiro atoms. The Kier molecular flexibility index (Phi) is 7.78. The van der Waals surface area contributed by atoms with E-state index in [0.717, 1.165) is 37.0 Å². The monoisotopic (exact) mass is 593 g/mol. The van der Waals surface area contributed by atoms with E-state index in [4.69, 9.17) is 21.3 Å². The number of aliphatic hydroxyl groups excluding tert-OH is 1. The van der Waals surface area contributed by atoms with E-state index in [1.165, 1.54) is 0 Å². The maximum Gasteiger partial charge on any atom is 0.259 e. The van der Waals surface area contributed by atoms with E-state index < -0.39 is 11.9 Å². The Balaban J connectivity index is 1.18. The summed E-state index contributed by atoms with van der Waals surface area (Å²) in [5.74, 6) is -0.217. The van der Waals surface area contributed by atoms with E-state index in [0.29, 0.717) is 46.6 Å². The van der Waals surface area contributed by atoms with Gasteiger partial charge in [-0.1, -0.05) is 17.7 Å². The number of benzene rings is 2. The number of ether oxygens (including phenoxy) is 1. The molecular weight excluding hydrogens is 561 g/mol. The number of aromatic amines is 2. The van der Waals surface area contributed by atoms with Crippen LogP contribution in [0.1, 0.15) is 46.3 Å². The fourth-order valence-corrected chi connectivity index (χ4v) is 6.10. The number of carbonyl (C=O) groups excluding carboxylic acids is 1. The summed E-state index contributed by atoms with van der Waals surface area (Å²) in [5, 5.41) is 10.7. The SMILES string of the molecule is Cc1ccc(Cl)c(OC[C@H](O)CCc2cc[nH]c(=O)c2-c2nc3cc4c(cc3[nH]2)CN(C2CCN(C)CC2)C4=O)c1F. The van der Waals surface area contributed by atoms with Crippen LogP contribution in [-0.2, 0) is 13.0 Å². The quantitative estimate of drug-likeness (QED) is 0.278. The van der Waals surface area contributed by atoms with Crippen molar-refractivity contribution in [2.75, 3.05) is 26.7 Å². The van der Waals surface area contributed by atoms with Crippen molar-refractivity contribution in [3.63, 3.8) is 0 Å². The number of H-pyrrole nitrogens is 2. The Morgan fingerprint density at radius 3 is 2.79 bits per heavy atom. The van der Waals surface area contributed by atoms with Crippen molar-refractivity contribution >= 4 is 28.5 Å². The Morgan fingerprint density at radius 2 is 2.00 bits per heavy atom. The van der Waals surface area contributed by atoms with E-state index in [2.05, 4.69) is 21.9 Å². The van der Waals surface area contributed by atoms with Gasteiger partial charge in [-0.05, 0) is 93.7 Å². The Bertz CT molecular complexity index is 1710. The van der Waals surface area contributed by atoms with Gasteiger partial charge in [0.05, 0.1) is 27.7 Å². The summed E-state index contributed by atoms with van der Waals surface area (Å²) in [6.45, 7) is 3.99. The van der Waals surface area contributed by atoms with E-state index in [9.17, 15) is 19.1 Å². The number of hydrogen-bond acceptors (Lipinski definition) is 6. The molecule has 0 bridgehead atoms. The van der Waals surface area contributed by atoms with Crippen molar-refractivity contribution in [3.8, 4) is 17.1 Å². The van der Waals surface area contributed by atoms with Crippen molar-refractivity contribution in [1.82, 2.24) is 24.8 Å². The van der Waals surface area contributed by atoms with Crippen molar-refractivity contribution in [2.45, 2.75) is 51.3 Å². The molecule has 0 saturated carbocycles. The van der Waals surface area contributed by atoms with Crippen LogP contribution in [0.15, 0.2) is 41.3 Å². The van der Waals surface area contributed by atoms with Crippen molar-refractivity contribution in [3.05, 3.63) is 80.0 Å². The van der Waals surface area contributed by atoms with Gasteiger partial charge in [0, 0.05) is 24.3 Å². The van der Waals surface area contributed by atoms with Crippen molar-refractivity contribution < 1.29 is 19.0 Å². The molecule has 1 amide bonds. The summed E-state index contributed by atoms with van der Waals surface area (Å²) < 4.78 is 19.9. The number of piperidine rings is 1. The van der Waals surface area contributed by atoms with Gasteiger partial charge in [-0.15, -0.1) is 0 Å². The number of nitrogens with zero attached hydrogens (tertiary/aromatic N) is 3. The zero-order chi connectivity index (χ0) is 29.5. The van der Waals surface area contributed by atoms with Crippen LogP contribution >= 0.6 is 11.6 Å². The van der Waals surface area contributed by atoms with Crippen LogP contribution in [-0.4, -0.2) is 74.7 Å². The maximum absolute atomic E-state index is 14.4. The molecule has 2 aromatic carbocycles. The second kappa shape index (κ2) is 11.5. The van der Waals surface area contributed by atoms with Crippen LogP contribution in [0, 0.1) is 12.7 Å². The third-order valence-electron chi connectivity index (χ3n) is 8.36. The molecule has 2 aliphatic heterocycles. The van der Waals surface area contributed by atoms with Gasteiger partial charge >= 0.3 is 0 Å². The minimum atomic E-state index is -0.926. The minimum absolute atomic E-state index is 0.0345. The van der Waals surface area contributed by atoms with Gasteiger partial charge in [0.1, 0.15) is 12.4 Å². The number of aromatic nitrogens is 3. The molecule has 9 nitrogen and oxygen atoms in total. The van der Waals surface area contributed by atoms with Crippen LogP contribution in [0.3, 0.4) is 0 Å². The summed E-state index contributed by atoms with van der Waals surface area (Å²) in [5.41, 5.74) is 4.12. The van der Waals surface area contributed by atoms with Gasteiger partial charge in [-0.25, -0.2) is 9.37 Å². The predicted octanol–water partition coefficient (Wildman–Crippen LogP) is 4.44. The summed E-state index contributed by atoms with van der Waals surface area (Å²) in [6.07, 6.45) is 3.17. The fourth-order valence-electron chi connectivity index (χ4n) is 5.90. The third-order valence-corrected chi connectivity index (χ3v) is 8.66. The smallest absolute Gasteiger partial charge is 0.259 e. The normalized spacial score (nSPS) is 16.8. The number of carbonyl (C=O) groups is 1. The first-order valence-electron chi connectivity index (χ1n) is 14.2. The second-order valence-corrected chi connectivity index (χ2v) is 11.7. The van der Waals surface area contributed by atoms with E-state index in [-0.39, 0.29) is 41.3 Å². The molecule has 11 heteroatoms. The number of pyridine rings is 1. The molecular formula is C31H33ClFN5O4. The van der Waals surface area contributed by atoms with Gasteiger partial charge in [0.15, 0.2) is 11.6 Å². The Labute approximate surface area is 247 Å². The number of imidazole rings is 1. The zero-order valence-electron chi connectivity index (χ0n) is 23.5. The molecule has 1 fully saturated rings. The number of hydrogen-bond donors (Lipinski definition) is 3. The lowest BCUT2D eigenvalue weighted by atomic mass is 10.0. The third kappa shape index (κ3) is 5.42. The standard InChI is InChI=1S/C31H33ClFN5O4/c1-17-3-6-23(32)28(27(17)33)42-16-21(39)5-4-18-7-10-34-30(40)26(18)29-35-24-13-19-15-38(20-8-11-37(2)12-9-20)31(41)22(19)14-25(24)36-29/h3,6-7,10,13-14,20-21,39H,4-5,8-9,11-12,15-16H2,1-2H3,(H,34,40)(H,35,36)/t21-/m1/s1. The lowest BCUT2D eigenvalue weighted by molar-refractivity contribution is 0.0617. The highest BCUT2D eigenvalue weighted by Crippen LogP contribution is 2.33. The summed E-state index contributed by atoms with van der Waals surface area (Å²) in [6, 6.07) is 8.90. The van der Waals surface area contributed by atoms with Crippen molar-refractivity contribution in [2.24, 2.45) is 0 Å². The molecule has 0 radical (unpaired) electrons. The number of rotatable bonds is 8. The molecule has 1 atom stereocenters. The highest BCUT2D eigenvalue weighted by atomic mass is 35.5. The number of likely N-dealkylation sites (tertiary alicyclic amines) is 1. The van der Waals surface area contributed by atoms with Crippen LogP contribution in [0.25, 0.3) is 22.4 Å². The van der Waals surface area contributed by atoms with Crippen LogP contribution in [0.5, 0.6) is 5.75 Å². The maximum atomic E-state index is 14.4. The second-order valence-electron chi connectivity index (χ2n) is 11.3. The van der Waals surface area contributed by atoms with Gasteiger partial charge < -0.3 is 29.6 Å². The lowest BCUT2D eigenvalue weighted by Gasteiger charge is -2.34. The first-order valence-corrected chi connectivity index (χ1v) is 14.6. The molecule has 2 aliphatic rings. The number of aryl methyl sites for hydroxylation is 2. The van der Waals surface area contributed by atoms with E-state index in [1.807, 2.05) is 17.0 Å². The van der Waals surface area contributed by atoms with Gasteiger partial charge in [0.2, 0.25) is 0 Å². The lowest BCUT2D eigenvalue weighted by Crippen LogP contribution is -2.43. The molecule has 4 aromatic rings. The highest BCUT2D eigenvalue weighted by Gasteiger charge is 2.34. The van der Waals surface area contributed by atoms with Crippen molar-refractivity contribution in [1.29, 1.82) is 0 Å². The number of nitrogens with one attached hydrogen (secondary N) is 2. The van der Waals surface area contributed by atoms with Gasteiger partial charge in [-0.2, -0.15) is 0 Å². The molecule has 4 heterocycles. The van der Waals surface area contributed by atoms with Crippen LogP contribution in [0.2, 0.25) is 5.02 Å². The molecule has 1 saturated heterocycles. The number of aliphatic hydroxyl groups is 1. The molecule has 6 rings (SSSR count). The fraction of sp³-hybridized carbons (Fsp3) is 0.387. The zero-order valence-corrected chi connectivity index (χ0v) is 24.3. The van der Waals surface area contributed by atoms with Gasteiger partial charge in [0.25, 0.3) is 11.5 Å². The topological polar surface area (TPSA) is 115 Å². The predicted molar refractivity (Wildman–Crippen MR) is 159 cm³/mol. The molecule has 0 unspecified atom stereocenters. The summed E-state index contributed by atoms with van der Waals surface area (Å²) in [4.78, 5) is 41.2. The average Bonchev–Trinajstić information content (AvgIpc) is 3.53. The van der Waals surface area contributed by atoms with Crippen LogP contribution in [0.4, 0.5) is 4.39 Å². The van der Waals surface area contributed by atoms with Crippen LogP contribution < -0.4 is 10.3 Å². The average molecular weight is 594 g/mol. The van der Waals surface area contributed by atoms with Gasteiger partial charge in [-0.3, -0.25) is 9.59 Å². The number of halogens is 2.